The molecule has 7 nitrogen and oxygen atoms in total. The van der Waals surface area contributed by atoms with Crippen LogP contribution in [0.5, 0.6) is 0 Å². The van der Waals surface area contributed by atoms with E-state index < -0.39 is 0 Å². The number of hydrogen-bond acceptors (Lipinski definition) is 7. The highest BCUT2D eigenvalue weighted by atomic mass is 32.1. The predicted octanol–water partition coefficient (Wildman–Crippen LogP) is 0.897. The lowest BCUT2D eigenvalue weighted by Gasteiger charge is -1.91. The van der Waals surface area contributed by atoms with Gasteiger partial charge in [-0.1, -0.05) is 16.4 Å². The first-order valence-corrected chi connectivity index (χ1v) is 6.18. The van der Waals surface area contributed by atoms with Crippen LogP contribution in [0.15, 0.2) is 28.2 Å². The zero-order chi connectivity index (χ0) is 12.4. The number of thiophene rings is 1. The van der Waals surface area contributed by atoms with Gasteiger partial charge in [-0.3, -0.25) is 0 Å². The van der Waals surface area contributed by atoms with Crippen LogP contribution >= 0.6 is 11.3 Å². The lowest BCUT2D eigenvalue weighted by molar-refractivity contribution is 0.364. The van der Waals surface area contributed by atoms with Crippen LogP contribution in [0.1, 0.15) is 11.6 Å². The SMILES string of the molecule is NCc1cn(Cc2nc(-c3cccs3)no2)nn1. The van der Waals surface area contributed by atoms with Crippen LogP contribution in [0.25, 0.3) is 10.7 Å². The Morgan fingerprint density at radius 2 is 2.39 bits per heavy atom. The second kappa shape index (κ2) is 4.67. The summed E-state index contributed by atoms with van der Waals surface area (Å²) in [4.78, 5) is 5.27. The van der Waals surface area contributed by atoms with Crippen molar-refractivity contribution in [1.82, 2.24) is 25.1 Å². The molecule has 0 aromatic carbocycles. The van der Waals surface area contributed by atoms with E-state index in [1.54, 1.807) is 22.2 Å². The van der Waals surface area contributed by atoms with Crippen LogP contribution in [0, 0.1) is 0 Å². The summed E-state index contributed by atoms with van der Waals surface area (Å²) in [5.41, 5.74) is 6.19. The minimum atomic E-state index is 0.365. The van der Waals surface area contributed by atoms with Gasteiger partial charge in [-0.25, -0.2) is 4.68 Å². The van der Waals surface area contributed by atoms with E-state index in [-0.39, 0.29) is 0 Å². The monoisotopic (exact) mass is 262 g/mol. The molecular formula is C10H10N6OS. The molecule has 0 fully saturated rings. The number of rotatable bonds is 4. The van der Waals surface area contributed by atoms with Crippen molar-refractivity contribution in [1.29, 1.82) is 0 Å². The van der Waals surface area contributed by atoms with Crippen LogP contribution in [0.2, 0.25) is 0 Å². The van der Waals surface area contributed by atoms with Gasteiger partial charge in [0.15, 0.2) is 0 Å². The zero-order valence-corrected chi connectivity index (χ0v) is 10.2. The molecule has 0 atom stereocenters. The fourth-order valence-corrected chi connectivity index (χ4v) is 2.12. The van der Waals surface area contributed by atoms with Gasteiger partial charge in [0, 0.05) is 6.54 Å². The maximum atomic E-state index is 5.46. The fraction of sp³-hybridized carbons (Fsp3) is 0.200. The molecule has 18 heavy (non-hydrogen) atoms. The van der Waals surface area contributed by atoms with Gasteiger partial charge in [0.2, 0.25) is 11.7 Å². The van der Waals surface area contributed by atoms with Crippen LogP contribution in [-0.4, -0.2) is 25.1 Å². The molecule has 0 aliphatic carbocycles. The maximum absolute atomic E-state index is 5.46. The molecule has 3 rings (SSSR count). The van der Waals surface area contributed by atoms with Crippen LogP contribution in [-0.2, 0) is 13.1 Å². The second-order valence-corrected chi connectivity index (χ2v) is 4.55. The van der Waals surface area contributed by atoms with Gasteiger partial charge in [-0.05, 0) is 11.4 Å². The molecule has 0 radical (unpaired) electrons. The molecule has 0 bridgehead atoms. The molecule has 8 heteroatoms. The van der Waals surface area contributed by atoms with Gasteiger partial charge in [0.25, 0.3) is 0 Å². The van der Waals surface area contributed by atoms with E-state index in [0.717, 1.165) is 10.6 Å². The summed E-state index contributed by atoms with van der Waals surface area (Å²) in [7, 11) is 0. The largest absolute Gasteiger partial charge is 0.337 e. The first-order chi connectivity index (χ1) is 8.85. The van der Waals surface area contributed by atoms with E-state index in [2.05, 4.69) is 20.5 Å². The average Bonchev–Trinajstić information content (AvgIpc) is 3.10. The Morgan fingerprint density at radius 1 is 1.44 bits per heavy atom. The van der Waals surface area contributed by atoms with Gasteiger partial charge < -0.3 is 10.3 Å². The number of aromatic nitrogens is 5. The molecule has 0 aliphatic heterocycles. The Morgan fingerprint density at radius 3 is 3.11 bits per heavy atom. The molecule has 3 heterocycles. The van der Waals surface area contributed by atoms with E-state index in [9.17, 15) is 0 Å². The molecule has 0 saturated carbocycles. The summed E-state index contributed by atoms with van der Waals surface area (Å²) in [6, 6.07) is 3.89. The normalized spacial score (nSPS) is 10.9. The van der Waals surface area contributed by atoms with Crippen molar-refractivity contribution < 1.29 is 4.52 Å². The Bertz CT molecular complexity index is 628. The van der Waals surface area contributed by atoms with E-state index in [1.165, 1.54) is 0 Å². The summed E-state index contributed by atoms with van der Waals surface area (Å²) in [6.07, 6.45) is 1.76. The van der Waals surface area contributed by atoms with E-state index in [0.29, 0.717) is 24.8 Å². The predicted molar refractivity (Wildman–Crippen MR) is 64.6 cm³/mol. The third kappa shape index (κ3) is 2.15. The van der Waals surface area contributed by atoms with E-state index in [4.69, 9.17) is 10.3 Å². The maximum Gasteiger partial charge on any atom is 0.248 e. The van der Waals surface area contributed by atoms with E-state index >= 15 is 0 Å². The fourth-order valence-electron chi connectivity index (χ4n) is 1.47. The van der Waals surface area contributed by atoms with Crippen LogP contribution in [0.4, 0.5) is 0 Å². The molecule has 2 N–H and O–H groups in total. The molecule has 0 amide bonds. The van der Waals surface area contributed by atoms with Gasteiger partial charge in [-0.15, -0.1) is 16.4 Å². The van der Waals surface area contributed by atoms with Gasteiger partial charge in [0.05, 0.1) is 16.8 Å². The third-order valence-electron chi connectivity index (χ3n) is 2.30. The summed E-state index contributed by atoms with van der Waals surface area (Å²) in [5.74, 6) is 1.09. The molecule has 92 valence electrons. The second-order valence-electron chi connectivity index (χ2n) is 3.60. The Hall–Kier alpha value is -2.06. The number of hydrogen-bond donors (Lipinski definition) is 1. The molecule has 0 unspecified atom stereocenters. The lowest BCUT2D eigenvalue weighted by Crippen LogP contribution is -2.00. The Kier molecular flexibility index (Phi) is 2.87. The Labute approximate surface area is 106 Å². The Balaban J connectivity index is 1.77. The minimum Gasteiger partial charge on any atom is -0.337 e. The number of nitrogens with two attached hydrogens (primary N) is 1. The third-order valence-corrected chi connectivity index (χ3v) is 3.17. The van der Waals surface area contributed by atoms with Gasteiger partial charge in [0.1, 0.15) is 6.54 Å². The molecule has 0 aliphatic rings. The summed E-state index contributed by atoms with van der Waals surface area (Å²) < 4.78 is 6.78. The van der Waals surface area contributed by atoms with Crippen molar-refractivity contribution in [2.45, 2.75) is 13.1 Å². The van der Waals surface area contributed by atoms with Crippen molar-refractivity contribution in [2.75, 3.05) is 0 Å². The summed E-state index contributed by atoms with van der Waals surface area (Å²) in [6.45, 7) is 0.760. The minimum absolute atomic E-state index is 0.365. The van der Waals surface area contributed by atoms with Crippen molar-refractivity contribution in [3.63, 3.8) is 0 Å². The van der Waals surface area contributed by atoms with E-state index in [1.807, 2.05) is 17.5 Å². The standard InChI is InChI=1S/C10H10N6OS/c11-4-7-5-16(15-13-7)6-9-12-10(14-17-9)8-2-1-3-18-8/h1-3,5H,4,6,11H2. The first kappa shape index (κ1) is 11.1. The summed E-state index contributed by atoms with van der Waals surface area (Å²) in [5, 5.41) is 13.7. The molecule has 3 aromatic rings. The quantitative estimate of drug-likeness (QED) is 0.750. The smallest absolute Gasteiger partial charge is 0.248 e. The van der Waals surface area contributed by atoms with Crippen molar-refractivity contribution >= 4 is 11.3 Å². The van der Waals surface area contributed by atoms with Crippen LogP contribution in [0.3, 0.4) is 0 Å². The molecule has 3 aromatic heterocycles. The average molecular weight is 262 g/mol. The zero-order valence-electron chi connectivity index (χ0n) is 9.35. The molecule has 0 saturated heterocycles. The molecular weight excluding hydrogens is 252 g/mol. The highest BCUT2D eigenvalue weighted by Crippen LogP contribution is 2.21. The lowest BCUT2D eigenvalue weighted by atomic mass is 10.4. The highest BCUT2D eigenvalue weighted by molar-refractivity contribution is 7.13. The highest BCUT2D eigenvalue weighted by Gasteiger charge is 2.10. The first-order valence-electron chi connectivity index (χ1n) is 5.30. The van der Waals surface area contributed by atoms with Crippen molar-refractivity contribution in [3.8, 4) is 10.7 Å². The van der Waals surface area contributed by atoms with Gasteiger partial charge >= 0.3 is 0 Å². The molecule has 0 spiro atoms. The van der Waals surface area contributed by atoms with Gasteiger partial charge in [-0.2, -0.15) is 4.98 Å². The topological polar surface area (TPSA) is 95.7 Å². The number of nitrogens with zero attached hydrogens (tertiary/aromatic N) is 5. The van der Waals surface area contributed by atoms with Crippen molar-refractivity contribution in [3.05, 3.63) is 35.3 Å². The summed E-state index contributed by atoms with van der Waals surface area (Å²) >= 11 is 1.57. The van der Waals surface area contributed by atoms with Crippen molar-refractivity contribution in [2.24, 2.45) is 5.73 Å². The van der Waals surface area contributed by atoms with Crippen LogP contribution < -0.4 is 5.73 Å².